The summed E-state index contributed by atoms with van der Waals surface area (Å²) < 4.78 is 13.6. The number of carbonyl (C=O) groups is 2. The fourth-order valence-corrected chi connectivity index (χ4v) is 3.24. The molecular formula is C15H15FN2O4. The highest BCUT2D eigenvalue weighted by Crippen LogP contribution is 2.47. The molecule has 0 unspecified atom stereocenters. The standard InChI is InChI=1S/C15H15FN2O4/c1-6(19)12-11-5-8(7-2-3-10(17)9(16)4-7)13(15(21)22)18(11)14(12)20/h2-4,6,11-12,19H,5,17H2,1H3,(H,21,22)/t6-,11-,12-/m1/s1. The number of benzene rings is 1. The van der Waals surface area contributed by atoms with E-state index in [2.05, 4.69) is 0 Å². The number of carboxylic acids is 1. The van der Waals surface area contributed by atoms with Gasteiger partial charge in [0.1, 0.15) is 11.5 Å². The maximum Gasteiger partial charge on any atom is 0.352 e. The van der Waals surface area contributed by atoms with E-state index in [-0.39, 0.29) is 17.8 Å². The minimum atomic E-state index is -1.24. The summed E-state index contributed by atoms with van der Waals surface area (Å²) in [7, 11) is 0. The number of hydrogen-bond acceptors (Lipinski definition) is 4. The van der Waals surface area contributed by atoms with Crippen LogP contribution in [-0.2, 0) is 9.59 Å². The Hall–Kier alpha value is -2.41. The lowest BCUT2D eigenvalue weighted by Gasteiger charge is -2.44. The molecule has 0 bridgehead atoms. The van der Waals surface area contributed by atoms with Crippen LogP contribution in [0.4, 0.5) is 10.1 Å². The second-order valence-electron chi connectivity index (χ2n) is 5.61. The lowest BCUT2D eigenvalue weighted by Crippen LogP contribution is -2.61. The van der Waals surface area contributed by atoms with Gasteiger partial charge in [-0.3, -0.25) is 4.79 Å². The molecule has 1 fully saturated rings. The molecule has 22 heavy (non-hydrogen) atoms. The molecule has 1 aromatic rings. The molecule has 2 aliphatic heterocycles. The molecular weight excluding hydrogens is 291 g/mol. The van der Waals surface area contributed by atoms with E-state index in [0.717, 1.165) is 0 Å². The largest absolute Gasteiger partial charge is 0.477 e. The van der Waals surface area contributed by atoms with Crippen molar-refractivity contribution in [3.05, 3.63) is 35.3 Å². The third-order valence-corrected chi connectivity index (χ3v) is 4.28. The number of anilines is 1. The van der Waals surface area contributed by atoms with Crippen molar-refractivity contribution in [2.75, 3.05) is 5.73 Å². The first kappa shape index (κ1) is 14.5. The van der Waals surface area contributed by atoms with Gasteiger partial charge in [0, 0.05) is 0 Å². The van der Waals surface area contributed by atoms with Crippen molar-refractivity contribution in [1.82, 2.24) is 4.90 Å². The molecule has 4 N–H and O–H groups in total. The van der Waals surface area contributed by atoms with E-state index in [1.165, 1.54) is 30.0 Å². The van der Waals surface area contributed by atoms with Crippen LogP contribution in [0.5, 0.6) is 0 Å². The summed E-state index contributed by atoms with van der Waals surface area (Å²) in [4.78, 5) is 24.8. The summed E-state index contributed by atoms with van der Waals surface area (Å²) in [5, 5.41) is 19.1. The molecule has 0 spiro atoms. The van der Waals surface area contributed by atoms with Gasteiger partial charge in [0.05, 0.1) is 23.8 Å². The van der Waals surface area contributed by atoms with Crippen LogP contribution in [-0.4, -0.2) is 39.1 Å². The predicted octanol–water partition coefficient (Wildman–Crippen LogP) is 0.815. The zero-order valence-corrected chi connectivity index (χ0v) is 11.8. The second-order valence-corrected chi connectivity index (χ2v) is 5.61. The molecule has 2 heterocycles. The summed E-state index contributed by atoms with van der Waals surface area (Å²) in [5.74, 6) is -2.91. The van der Waals surface area contributed by atoms with Gasteiger partial charge in [-0.15, -0.1) is 0 Å². The third kappa shape index (κ3) is 1.89. The SMILES string of the molecule is C[C@@H](O)[C@H]1C(=O)N2C(C(=O)O)=C(c3ccc(N)c(F)c3)C[C@H]12. The van der Waals surface area contributed by atoms with Gasteiger partial charge in [-0.2, -0.15) is 0 Å². The average molecular weight is 306 g/mol. The van der Waals surface area contributed by atoms with Crippen LogP contribution in [0.2, 0.25) is 0 Å². The van der Waals surface area contributed by atoms with Crippen LogP contribution in [0.25, 0.3) is 5.57 Å². The Bertz CT molecular complexity index is 713. The topological polar surface area (TPSA) is 104 Å². The monoisotopic (exact) mass is 306 g/mol. The first-order valence-electron chi connectivity index (χ1n) is 6.86. The summed E-state index contributed by atoms with van der Waals surface area (Å²) in [6, 6.07) is 3.67. The molecule has 3 atom stereocenters. The first-order valence-corrected chi connectivity index (χ1v) is 6.86. The number of aliphatic hydroxyl groups excluding tert-OH is 1. The summed E-state index contributed by atoms with van der Waals surface area (Å²) >= 11 is 0. The van der Waals surface area contributed by atoms with Crippen LogP contribution in [0.3, 0.4) is 0 Å². The highest BCUT2D eigenvalue weighted by atomic mass is 19.1. The summed E-state index contributed by atoms with van der Waals surface area (Å²) in [6.07, 6.45) is -0.585. The molecule has 7 heteroatoms. The van der Waals surface area contributed by atoms with Gasteiger partial charge in [0.2, 0.25) is 5.91 Å². The van der Waals surface area contributed by atoms with Crippen molar-refractivity contribution in [1.29, 1.82) is 0 Å². The number of rotatable bonds is 3. The molecule has 1 amide bonds. The number of fused-ring (bicyclic) bond motifs is 1. The number of halogens is 1. The number of aliphatic hydroxyl groups is 1. The fraction of sp³-hybridized carbons (Fsp3) is 0.333. The molecule has 0 radical (unpaired) electrons. The van der Waals surface area contributed by atoms with E-state index in [4.69, 9.17) is 5.73 Å². The van der Waals surface area contributed by atoms with E-state index >= 15 is 0 Å². The Balaban J connectivity index is 2.05. The van der Waals surface area contributed by atoms with Crippen LogP contribution in [0.15, 0.2) is 23.9 Å². The van der Waals surface area contributed by atoms with Crippen molar-refractivity contribution in [3.8, 4) is 0 Å². The average Bonchev–Trinajstić information content (AvgIpc) is 2.76. The lowest BCUT2D eigenvalue weighted by atomic mass is 9.82. The highest BCUT2D eigenvalue weighted by Gasteiger charge is 2.56. The number of nitrogens with two attached hydrogens (primary N) is 1. The number of carbonyl (C=O) groups excluding carboxylic acids is 1. The van der Waals surface area contributed by atoms with Gasteiger partial charge in [-0.05, 0) is 36.6 Å². The number of hydrogen-bond donors (Lipinski definition) is 3. The van der Waals surface area contributed by atoms with Crippen molar-refractivity contribution < 1.29 is 24.2 Å². The maximum absolute atomic E-state index is 13.6. The fourth-order valence-electron chi connectivity index (χ4n) is 3.24. The maximum atomic E-state index is 13.6. The zero-order valence-electron chi connectivity index (χ0n) is 11.8. The van der Waals surface area contributed by atoms with Crippen molar-refractivity contribution in [3.63, 3.8) is 0 Å². The molecule has 2 aliphatic rings. The first-order chi connectivity index (χ1) is 10.3. The summed E-state index contributed by atoms with van der Waals surface area (Å²) in [5.41, 5.74) is 6.02. The van der Waals surface area contributed by atoms with Crippen LogP contribution >= 0.6 is 0 Å². The molecule has 116 valence electrons. The normalized spacial score (nSPS) is 25.0. The molecule has 3 rings (SSSR count). The third-order valence-electron chi connectivity index (χ3n) is 4.28. The van der Waals surface area contributed by atoms with Crippen LogP contribution in [0, 0.1) is 11.7 Å². The van der Waals surface area contributed by atoms with Gasteiger partial charge in [0.15, 0.2) is 0 Å². The van der Waals surface area contributed by atoms with Crippen LogP contribution < -0.4 is 5.73 Å². The smallest absolute Gasteiger partial charge is 0.352 e. The van der Waals surface area contributed by atoms with Crippen LogP contribution in [0.1, 0.15) is 18.9 Å². The Morgan fingerprint density at radius 2 is 2.18 bits per heavy atom. The second kappa shape index (κ2) is 4.81. The number of carboxylic acid groups (broad SMARTS) is 1. The number of nitrogen functional groups attached to an aromatic ring is 1. The zero-order chi connectivity index (χ0) is 16.2. The Morgan fingerprint density at radius 1 is 1.50 bits per heavy atom. The quantitative estimate of drug-likeness (QED) is 0.566. The van der Waals surface area contributed by atoms with Crippen molar-refractivity contribution in [2.45, 2.75) is 25.5 Å². The van der Waals surface area contributed by atoms with Gasteiger partial charge in [-0.25, -0.2) is 9.18 Å². The molecule has 1 saturated heterocycles. The predicted molar refractivity (Wildman–Crippen MR) is 75.8 cm³/mol. The number of β-lactam (4-membered cyclic amide) rings is 1. The summed E-state index contributed by atoms with van der Waals surface area (Å²) in [6.45, 7) is 1.50. The minimum Gasteiger partial charge on any atom is -0.477 e. The Labute approximate surface area is 125 Å². The van der Waals surface area contributed by atoms with Gasteiger partial charge < -0.3 is 20.8 Å². The van der Waals surface area contributed by atoms with Crippen molar-refractivity contribution >= 4 is 23.1 Å². The van der Waals surface area contributed by atoms with Crippen molar-refractivity contribution in [2.24, 2.45) is 5.92 Å². The van der Waals surface area contributed by atoms with Gasteiger partial charge in [0.25, 0.3) is 0 Å². The molecule has 0 saturated carbocycles. The van der Waals surface area contributed by atoms with E-state index in [1.807, 2.05) is 0 Å². The number of nitrogens with zero attached hydrogens (tertiary/aromatic N) is 1. The van der Waals surface area contributed by atoms with Gasteiger partial charge in [-0.1, -0.05) is 6.07 Å². The Kier molecular flexibility index (Phi) is 3.17. The van der Waals surface area contributed by atoms with E-state index < -0.39 is 35.8 Å². The number of aliphatic carboxylic acids is 1. The Morgan fingerprint density at radius 3 is 2.73 bits per heavy atom. The van der Waals surface area contributed by atoms with Gasteiger partial charge >= 0.3 is 5.97 Å². The lowest BCUT2D eigenvalue weighted by molar-refractivity contribution is -0.161. The molecule has 1 aromatic carbocycles. The molecule has 0 aromatic heterocycles. The molecule has 0 aliphatic carbocycles. The van der Waals surface area contributed by atoms with E-state index in [1.54, 1.807) is 0 Å². The number of amides is 1. The van der Waals surface area contributed by atoms with E-state index in [9.17, 15) is 24.2 Å². The minimum absolute atomic E-state index is 0.0274. The highest BCUT2D eigenvalue weighted by molar-refractivity contribution is 6.06. The van der Waals surface area contributed by atoms with E-state index in [0.29, 0.717) is 11.1 Å². The molecule has 6 nitrogen and oxygen atoms in total.